The van der Waals surface area contributed by atoms with Gasteiger partial charge in [-0.1, -0.05) is 19.4 Å². The summed E-state index contributed by atoms with van der Waals surface area (Å²) in [7, 11) is 0. The number of benzene rings is 1. The van der Waals surface area contributed by atoms with Gasteiger partial charge in [-0.05, 0) is 56.0 Å². The van der Waals surface area contributed by atoms with Crippen LogP contribution in [0.5, 0.6) is 0 Å². The zero-order chi connectivity index (χ0) is 13.0. The van der Waals surface area contributed by atoms with Gasteiger partial charge in [-0.3, -0.25) is 4.90 Å². The molecule has 0 N–H and O–H groups in total. The number of piperidine rings is 1. The maximum Gasteiger partial charge on any atom is 0.0991 e. The Kier molecular flexibility index (Phi) is 4.38. The van der Waals surface area contributed by atoms with Crippen molar-refractivity contribution in [2.45, 2.75) is 52.1 Å². The molecule has 2 heteroatoms. The third-order valence-electron chi connectivity index (χ3n) is 4.07. The largest absolute Gasteiger partial charge is 0.296 e. The van der Waals surface area contributed by atoms with E-state index in [2.05, 4.69) is 30.9 Å². The lowest BCUT2D eigenvalue weighted by molar-refractivity contribution is 0.136. The van der Waals surface area contributed by atoms with E-state index >= 15 is 0 Å². The molecule has 0 aromatic heterocycles. The highest BCUT2D eigenvalue weighted by Gasteiger charge is 2.21. The van der Waals surface area contributed by atoms with Crippen molar-refractivity contribution in [3.63, 3.8) is 0 Å². The molecule has 2 nitrogen and oxygen atoms in total. The van der Waals surface area contributed by atoms with Crippen LogP contribution in [0.1, 0.15) is 49.3 Å². The Bertz CT molecular complexity index is 445. The lowest BCUT2D eigenvalue weighted by Crippen LogP contribution is -2.38. The van der Waals surface area contributed by atoms with Crippen LogP contribution in [-0.2, 0) is 6.54 Å². The van der Waals surface area contributed by atoms with E-state index in [-0.39, 0.29) is 0 Å². The lowest BCUT2D eigenvalue weighted by atomic mass is 9.98. The summed E-state index contributed by atoms with van der Waals surface area (Å²) in [6.45, 7) is 6.66. The van der Waals surface area contributed by atoms with Gasteiger partial charge < -0.3 is 0 Å². The second kappa shape index (κ2) is 6.02. The number of rotatable bonds is 3. The van der Waals surface area contributed by atoms with Gasteiger partial charge in [-0.25, -0.2) is 0 Å². The first-order valence-electron chi connectivity index (χ1n) is 6.98. The Morgan fingerprint density at radius 2 is 2.22 bits per heavy atom. The van der Waals surface area contributed by atoms with Gasteiger partial charge in [0, 0.05) is 12.6 Å². The zero-order valence-corrected chi connectivity index (χ0v) is 11.4. The predicted octanol–water partition coefficient (Wildman–Crippen LogP) is 3.63. The minimum absolute atomic E-state index is 0.744. The van der Waals surface area contributed by atoms with Crippen molar-refractivity contribution in [1.29, 1.82) is 5.26 Å². The Morgan fingerprint density at radius 3 is 2.89 bits per heavy atom. The van der Waals surface area contributed by atoms with Crippen LogP contribution in [0.25, 0.3) is 0 Å². The summed E-state index contributed by atoms with van der Waals surface area (Å²) < 4.78 is 0. The maximum atomic E-state index is 8.89. The third-order valence-corrected chi connectivity index (χ3v) is 4.07. The van der Waals surface area contributed by atoms with Crippen LogP contribution in [0.2, 0.25) is 0 Å². The van der Waals surface area contributed by atoms with E-state index < -0.39 is 0 Å². The molecule has 0 radical (unpaired) electrons. The molecule has 1 aliphatic rings. The molecule has 1 aromatic rings. The molecule has 1 fully saturated rings. The summed E-state index contributed by atoms with van der Waals surface area (Å²) in [5.41, 5.74) is 3.38. The van der Waals surface area contributed by atoms with E-state index in [1.807, 2.05) is 12.1 Å². The van der Waals surface area contributed by atoms with Gasteiger partial charge in [0.1, 0.15) is 0 Å². The highest BCUT2D eigenvalue weighted by Crippen LogP contribution is 2.23. The highest BCUT2D eigenvalue weighted by molar-refractivity contribution is 5.37. The van der Waals surface area contributed by atoms with E-state index in [0.29, 0.717) is 0 Å². The van der Waals surface area contributed by atoms with Crippen LogP contribution in [0.15, 0.2) is 18.2 Å². The van der Waals surface area contributed by atoms with E-state index in [1.165, 1.54) is 43.4 Å². The molecule has 1 unspecified atom stereocenters. The summed E-state index contributed by atoms with van der Waals surface area (Å²) >= 11 is 0. The first kappa shape index (κ1) is 13.1. The molecular weight excluding hydrogens is 220 g/mol. The smallest absolute Gasteiger partial charge is 0.0991 e. The average Bonchev–Trinajstić information content (AvgIpc) is 2.41. The average molecular weight is 242 g/mol. The normalized spacial score (nSPS) is 20.6. The summed E-state index contributed by atoms with van der Waals surface area (Å²) in [6, 6.07) is 9.01. The van der Waals surface area contributed by atoms with Crippen molar-refractivity contribution in [2.75, 3.05) is 6.54 Å². The molecule has 0 amide bonds. The van der Waals surface area contributed by atoms with Crippen LogP contribution in [0.3, 0.4) is 0 Å². The van der Waals surface area contributed by atoms with E-state index in [0.717, 1.165) is 18.2 Å². The topological polar surface area (TPSA) is 27.0 Å². The molecule has 1 heterocycles. The molecule has 1 saturated heterocycles. The molecule has 0 bridgehead atoms. The van der Waals surface area contributed by atoms with E-state index in [1.54, 1.807) is 0 Å². The number of hydrogen-bond donors (Lipinski definition) is 0. The van der Waals surface area contributed by atoms with Crippen LogP contribution in [-0.4, -0.2) is 17.5 Å². The van der Waals surface area contributed by atoms with Gasteiger partial charge >= 0.3 is 0 Å². The van der Waals surface area contributed by atoms with Gasteiger partial charge in [-0.2, -0.15) is 5.26 Å². The fourth-order valence-corrected chi connectivity index (χ4v) is 2.89. The summed E-state index contributed by atoms with van der Waals surface area (Å²) in [5.74, 6) is 0. The number of hydrogen-bond acceptors (Lipinski definition) is 2. The quantitative estimate of drug-likeness (QED) is 0.809. The molecule has 0 saturated carbocycles. The summed E-state index contributed by atoms with van der Waals surface area (Å²) in [4.78, 5) is 2.61. The SMILES string of the molecule is CCC1CCCCN1Cc1ccc(C#N)cc1C. The zero-order valence-electron chi connectivity index (χ0n) is 11.4. The van der Waals surface area contributed by atoms with Crippen LogP contribution in [0.4, 0.5) is 0 Å². The molecule has 2 rings (SSSR count). The van der Waals surface area contributed by atoms with Crippen molar-refractivity contribution in [3.05, 3.63) is 34.9 Å². The fraction of sp³-hybridized carbons (Fsp3) is 0.562. The summed E-state index contributed by atoms with van der Waals surface area (Å²) in [5, 5.41) is 8.89. The van der Waals surface area contributed by atoms with Gasteiger partial charge in [0.15, 0.2) is 0 Å². The van der Waals surface area contributed by atoms with Crippen molar-refractivity contribution < 1.29 is 0 Å². The Balaban J connectivity index is 2.10. The predicted molar refractivity (Wildman–Crippen MR) is 74.2 cm³/mol. The summed E-state index contributed by atoms with van der Waals surface area (Å²) in [6.07, 6.45) is 5.29. The first-order chi connectivity index (χ1) is 8.74. The van der Waals surface area contributed by atoms with Crippen LogP contribution < -0.4 is 0 Å². The molecule has 1 aliphatic heterocycles. The first-order valence-corrected chi connectivity index (χ1v) is 6.98. The maximum absolute atomic E-state index is 8.89. The minimum atomic E-state index is 0.744. The van der Waals surface area contributed by atoms with E-state index in [9.17, 15) is 0 Å². The van der Waals surface area contributed by atoms with Crippen LogP contribution in [0, 0.1) is 18.3 Å². The third kappa shape index (κ3) is 2.91. The lowest BCUT2D eigenvalue weighted by Gasteiger charge is -2.35. The number of nitriles is 1. The molecule has 0 aliphatic carbocycles. The molecule has 0 spiro atoms. The number of aryl methyl sites for hydroxylation is 1. The van der Waals surface area contributed by atoms with Crippen LogP contribution >= 0.6 is 0 Å². The highest BCUT2D eigenvalue weighted by atomic mass is 15.2. The van der Waals surface area contributed by atoms with Crippen molar-refractivity contribution >= 4 is 0 Å². The van der Waals surface area contributed by atoms with Crippen molar-refractivity contribution in [3.8, 4) is 6.07 Å². The van der Waals surface area contributed by atoms with Gasteiger partial charge in [0.25, 0.3) is 0 Å². The van der Waals surface area contributed by atoms with Crippen molar-refractivity contribution in [2.24, 2.45) is 0 Å². The Hall–Kier alpha value is -1.33. The second-order valence-electron chi connectivity index (χ2n) is 5.28. The Labute approximate surface area is 110 Å². The van der Waals surface area contributed by atoms with E-state index in [4.69, 9.17) is 5.26 Å². The number of nitrogens with zero attached hydrogens (tertiary/aromatic N) is 2. The second-order valence-corrected chi connectivity index (χ2v) is 5.28. The molecule has 96 valence electrons. The Morgan fingerprint density at radius 1 is 1.39 bits per heavy atom. The fourth-order valence-electron chi connectivity index (χ4n) is 2.89. The molecule has 1 aromatic carbocycles. The molecule has 18 heavy (non-hydrogen) atoms. The molecule has 1 atom stereocenters. The minimum Gasteiger partial charge on any atom is -0.296 e. The van der Waals surface area contributed by atoms with Crippen molar-refractivity contribution in [1.82, 2.24) is 4.90 Å². The van der Waals surface area contributed by atoms with Gasteiger partial charge in [-0.15, -0.1) is 0 Å². The van der Waals surface area contributed by atoms with Gasteiger partial charge in [0.05, 0.1) is 11.6 Å². The monoisotopic (exact) mass is 242 g/mol. The standard InChI is InChI=1S/C16H22N2/c1-3-16-6-4-5-9-18(16)12-15-8-7-14(11-17)10-13(15)2/h7-8,10,16H,3-6,9,12H2,1-2H3. The number of likely N-dealkylation sites (tertiary alicyclic amines) is 1. The van der Waals surface area contributed by atoms with Gasteiger partial charge in [0.2, 0.25) is 0 Å². The molecular formula is C16H22N2.